The Morgan fingerprint density at radius 1 is 1.27 bits per heavy atom. The van der Waals surface area contributed by atoms with Crippen molar-refractivity contribution in [1.82, 2.24) is 9.88 Å². The normalized spacial score (nSPS) is 13.7. The number of aromatic nitrogens is 1. The predicted octanol–water partition coefficient (Wildman–Crippen LogP) is 2.42. The van der Waals surface area contributed by atoms with Crippen LogP contribution >= 0.6 is 15.9 Å². The van der Waals surface area contributed by atoms with Crippen LogP contribution in [-0.4, -0.2) is 44.7 Å². The Hall–Kier alpha value is -2.13. The Kier molecular flexibility index (Phi) is 4.94. The summed E-state index contributed by atoms with van der Waals surface area (Å²) in [4.78, 5) is 18.4. The number of methoxy groups -OCH3 is 2. The fraction of sp³-hybridized carbons (Fsp3) is 0.294. The molecule has 1 amide bonds. The highest BCUT2D eigenvalue weighted by Gasteiger charge is 2.35. The van der Waals surface area contributed by atoms with Gasteiger partial charge in [-0.05, 0) is 28.1 Å². The second-order valence-electron chi connectivity index (χ2n) is 5.88. The van der Waals surface area contributed by atoms with E-state index in [1.54, 1.807) is 31.3 Å². The molecule has 2 aromatic rings. The van der Waals surface area contributed by atoms with Gasteiger partial charge in [0, 0.05) is 40.7 Å². The predicted molar refractivity (Wildman–Crippen MR) is 98.2 cm³/mol. The molecule has 3 rings (SSSR count). The summed E-state index contributed by atoms with van der Waals surface area (Å²) in [6, 6.07) is 5.34. The Bertz CT molecular complexity index is 991. The molecule has 0 saturated carbocycles. The molecule has 26 heavy (non-hydrogen) atoms. The number of halogens is 1. The Balaban J connectivity index is 1.98. The number of benzene rings is 1. The van der Waals surface area contributed by atoms with Crippen LogP contribution in [0.1, 0.15) is 21.5 Å². The number of ether oxygens (including phenoxy) is 2. The maximum Gasteiger partial charge on any atom is 0.256 e. The lowest BCUT2D eigenvalue weighted by atomic mass is 10.1. The topological polar surface area (TPSA) is 85.8 Å². The van der Waals surface area contributed by atoms with Crippen molar-refractivity contribution in [2.75, 3.05) is 20.5 Å². The fourth-order valence-electron chi connectivity index (χ4n) is 2.94. The Morgan fingerprint density at radius 2 is 2.00 bits per heavy atom. The van der Waals surface area contributed by atoms with E-state index in [1.807, 2.05) is 6.07 Å². The summed E-state index contributed by atoms with van der Waals surface area (Å²) < 4.78 is 35.0. The average molecular weight is 441 g/mol. The molecule has 0 aliphatic carbocycles. The number of nitrogens with zero attached hydrogens (tertiary/aromatic N) is 2. The summed E-state index contributed by atoms with van der Waals surface area (Å²) in [5.74, 6) is 0.985. The maximum absolute atomic E-state index is 12.8. The van der Waals surface area contributed by atoms with E-state index >= 15 is 0 Å². The third-order valence-electron chi connectivity index (χ3n) is 4.15. The van der Waals surface area contributed by atoms with Gasteiger partial charge in [-0.25, -0.2) is 13.4 Å². The molecule has 138 valence electrons. The first kappa shape index (κ1) is 18.7. The summed E-state index contributed by atoms with van der Waals surface area (Å²) in [5, 5.41) is -0.0618. The Labute approximate surface area is 160 Å². The van der Waals surface area contributed by atoms with E-state index in [4.69, 9.17) is 9.47 Å². The molecule has 0 unspecified atom stereocenters. The highest BCUT2D eigenvalue weighted by Crippen LogP contribution is 2.35. The van der Waals surface area contributed by atoms with Crippen LogP contribution in [0.5, 0.6) is 11.5 Å². The van der Waals surface area contributed by atoms with Crippen molar-refractivity contribution < 1.29 is 22.7 Å². The van der Waals surface area contributed by atoms with E-state index in [-0.39, 0.29) is 24.0 Å². The SMILES string of the molecule is COc1ccc(CN2Cc3c(S(C)(=O)=O)ncc(Br)c3C2=O)c(OC)c1. The monoisotopic (exact) mass is 440 g/mol. The van der Waals surface area contributed by atoms with Crippen LogP contribution in [-0.2, 0) is 22.9 Å². The molecular formula is C17H17BrN2O5S. The van der Waals surface area contributed by atoms with Crippen molar-refractivity contribution in [3.8, 4) is 11.5 Å². The lowest BCUT2D eigenvalue weighted by Crippen LogP contribution is -2.23. The molecule has 1 aliphatic heterocycles. The molecule has 0 fully saturated rings. The summed E-state index contributed by atoms with van der Waals surface area (Å²) in [6.07, 6.45) is 2.44. The average Bonchev–Trinajstić information content (AvgIpc) is 2.91. The molecule has 2 heterocycles. The summed E-state index contributed by atoms with van der Waals surface area (Å²) in [5.41, 5.74) is 1.55. The number of rotatable bonds is 5. The van der Waals surface area contributed by atoms with Gasteiger partial charge in [-0.15, -0.1) is 0 Å². The number of hydrogen-bond acceptors (Lipinski definition) is 6. The minimum absolute atomic E-state index is 0.0618. The largest absolute Gasteiger partial charge is 0.497 e. The second-order valence-corrected chi connectivity index (χ2v) is 8.66. The molecule has 1 aromatic heterocycles. The first-order valence-corrected chi connectivity index (χ1v) is 10.3. The number of pyridine rings is 1. The van der Waals surface area contributed by atoms with Crippen LogP contribution in [0.4, 0.5) is 0 Å². The molecule has 1 aromatic carbocycles. The molecule has 0 saturated heterocycles. The zero-order chi connectivity index (χ0) is 19.1. The molecule has 0 bridgehead atoms. The quantitative estimate of drug-likeness (QED) is 0.709. The highest BCUT2D eigenvalue weighted by atomic mass is 79.9. The van der Waals surface area contributed by atoms with Crippen LogP contribution in [0, 0.1) is 0 Å². The lowest BCUT2D eigenvalue weighted by molar-refractivity contribution is 0.0764. The molecular weight excluding hydrogens is 424 g/mol. The van der Waals surface area contributed by atoms with Crippen molar-refractivity contribution in [1.29, 1.82) is 0 Å². The van der Waals surface area contributed by atoms with Crippen LogP contribution < -0.4 is 9.47 Å². The minimum Gasteiger partial charge on any atom is -0.497 e. The van der Waals surface area contributed by atoms with Gasteiger partial charge in [0.15, 0.2) is 14.9 Å². The van der Waals surface area contributed by atoms with Gasteiger partial charge in [-0.2, -0.15) is 0 Å². The van der Waals surface area contributed by atoms with E-state index in [9.17, 15) is 13.2 Å². The summed E-state index contributed by atoms with van der Waals surface area (Å²) >= 11 is 3.30. The number of hydrogen-bond donors (Lipinski definition) is 0. The van der Waals surface area contributed by atoms with Crippen molar-refractivity contribution >= 4 is 31.7 Å². The van der Waals surface area contributed by atoms with E-state index in [0.29, 0.717) is 27.1 Å². The smallest absolute Gasteiger partial charge is 0.256 e. The standard InChI is InChI=1S/C17H17BrN2O5S/c1-24-11-5-4-10(14(6-11)25-2)8-20-9-12-15(17(20)21)13(18)7-19-16(12)26(3,22)23/h4-7H,8-9H2,1-3H3. The fourth-order valence-corrected chi connectivity index (χ4v) is 4.31. The van der Waals surface area contributed by atoms with Crippen LogP contribution in [0.15, 0.2) is 33.9 Å². The molecule has 0 N–H and O–H groups in total. The number of amides is 1. The van der Waals surface area contributed by atoms with Crippen molar-refractivity contribution in [2.45, 2.75) is 18.1 Å². The van der Waals surface area contributed by atoms with E-state index in [1.165, 1.54) is 6.20 Å². The van der Waals surface area contributed by atoms with Crippen molar-refractivity contribution in [2.24, 2.45) is 0 Å². The number of carbonyl (C=O) groups excluding carboxylic acids is 1. The van der Waals surface area contributed by atoms with Crippen LogP contribution in [0.2, 0.25) is 0 Å². The Morgan fingerprint density at radius 3 is 2.62 bits per heavy atom. The van der Waals surface area contributed by atoms with Gasteiger partial charge >= 0.3 is 0 Å². The zero-order valence-electron chi connectivity index (χ0n) is 14.4. The summed E-state index contributed by atoms with van der Waals surface area (Å²) in [7, 11) is -0.434. The lowest BCUT2D eigenvalue weighted by Gasteiger charge is -2.18. The second kappa shape index (κ2) is 6.88. The summed E-state index contributed by atoms with van der Waals surface area (Å²) in [6.45, 7) is 0.439. The highest BCUT2D eigenvalue weighted by molar-refractivity contribution is 9.10. The van der Waals surface area contributed by atoms with Gasteiger partial charge in [0.2, 0.25) is 0 Å². The van der Waals surface area contributed by atoms with E-state index < -0.39 is 9.84 Å². The van der Waals surface area contributed by atoms with Gasteiger partial charge in [0.25, 0.3) is 5.91 Å². The van der Waals surface area contributed by atoms with Gasteiger partial charge in [-0.3, -0.25) is 4.79 Å². The van der Waals surface area contributed by atoms with Gasteiger partial charge in [0.1, 0.15) is 11.5 Å². The van der Waals surface area contributed by atoms with Crippen LogP contribution in [0.25, 0.3) is 0 Å². The molecule has 9 heteroatoms. The molecule has 1 aliphatic rings. The third-order valence-corrected chi connectivity index (χ3v) is 5.81. The molecule has 7 nitrogen and oxygen atoms in total. The van der Waals surface area contributed by atoms with E-state index in [0.717, 1.165) is 11.8 Å². The first-order valence-electron chi connectivity index (χ1n) is 7.64. The van der Waals surface area contributed by atoms with Crippen molar-refractivity contribution in [3.05, 3.63) is 45.6 Å². The minimum atomic E-state index is -3.54. The number of fused-ring (bicyclic) bond motifs is 1. The maximum atomic E-state index is 12.8. The van der Waals surface area contributed by atoms with Gasteiger partial charge < -0.3 is 14.4 Å². The van der Waals surface area contributed by atoms with Gasteiger partial charge in [-0.1, -0.05) is 0 Å². The number of carbonyl (C=O) groups is 1. The van der Waals surface area contributed by atoms with Gasteiger partial charge in [0.05, 0.1) is 26.3 Å². The molecule has 0 radical (unpaired) electrons. The van der Waals surface area contributed by atoms with E-state index in [2.05, 4.69) is 20.9 Å². The molecule has 0 spiro atoms. The molecule has 0 atom stereocenters. The third kappa shape index (κ3) is 3.28. The van der Waals surface area contributed by atoms with Crippen molar-refractivity contribution in [3.63, 3.8) is 0 Å². The number of sulfone groups is 1. The first-order chi connectivity index (χ1) is 12.3. The van der Waals surface area contributed by atoms with Crippen LogP contribution in [0.3, 0.4) is 0 Å². The zero-order valence-corrected chi connectivity index (χ0v) is 16.8.